The molecule has 3 amide bonds. The molecular weight excluding hydrogens is 402 g/mol. The van der Waals surface area contributed by atoms with Crippen LogP contribution in [0, 0.1) is 13.8 Å². The smallest absolute Gasteiger partial charge is 0.276 e. The van der Waals surface area contributed by atoms with Gasteiger partial charge in [0, 0.05) is 11.3 Å². The molecule has 0 atom stereocenters. The number of rotatable bonds is 6. The molecule has 0 aliphatic rings. The van der Waals surface area contributed by atoms with E-state index >= 15 is 0 Å². The zero-order valence-electron chi connectivity index (χ0n) is 16.5. The molecule has 1 heterocycles. The number of benzene rings is 2. The molecule has 3 N–H and O–H groups in total. The molecule has 0 fully saturated rings. The fourth-order valence-corrected chi connectivity index (χ4v) is 3.20. The Morgan fingerprint density at radius 2 is 1.77 bits per heavy atom. The zero-order chi connectivity index (χ0) is 21.5. The maximum Gasteiger partial charge on any atom is 0.276 e. The number of amides is 3. The van der Waals surface area contributed by atoms with Crippen LogP contribution in [0.2, 0.25) is 0 Å². The number of nitrogens with one attached hydrogen (secondary N) is 3. The molecule has 1 aromatic heterocycles. The summed E-state index contributed by atoms with van der Waals surface area (Å²) in [7, 11) is 0. The minimum atomic E-state index is -0.512. The molecule has 2 aromatic carbocycles. The molecule has 0 unspecified atom stereocenters. The first kappa shape index (κ1) is 21.1. The monoisotopic (exact) mass is 423 g/mol. The molecule has 7 nitrogen and oxygen atoms in total. The number of carbonyl (C=O) groups is 3. The van der Waals surface area contributed by atoms with E-state index in [4.69, 9.17) is 4.74 Å². The van der Waals surface area contributed by atoms with Gasteiger partial charge in [0.15, 0.2) is 6.61 Å². The molecule has 0 saturated heterocycles. The summed E-state index contributed by atoms with van der Waals surface area (Å²) in [4.78, 5) is 37.0. The highest BCUT2D eigenvalue weighted by Gasteiger charge is 2.11. The van der Waals surface area contributed by atoms with E-state index in [0.29, 0.717) is 16.3 Å². The molecule has 0 bridgehead atoms. The number of anilines is 1. The minimum absolute atomic E-state index is 0.235. The van der Waals surface area contributed by atoms with Crippen molar-refractivity contribution in [1.29, 1.82) is 0 Å². The molecular formula is C22H21N3O4S. The molecule has 154 valence electrons. The Morgan fingerprint density at radius 1 is 0.933 bits per heavy atom. The summed E-state index contributed by atoms with van der Waals surface area (Å²) in [5.74, 6) is -0.640. The SMILES string of the molecule is Cc1ccc(C)c(OCC(=O)NNC(=O)c2cccc(NC(=O)c3cccs3)c2)c1. The van der Waals surface area contributed by atoms with Crippen molar-refractivity contribution in [2.75, 3.05) is 11.9 Å². The van der Waals surface area contributed by atoms with Crippen LogP contribution in [-0.2, 0) is 4.79 Å². The largest absolute Gasteiger partial charge is 0.483 e. The van der Waals surface area contributed by atoms with Crippen LogP contribution >= 0.6 is 11.3 Å². The summed E-state index contributed by atoms with van der Waals surface area (Å²) >= 11 is 1.33. The van der Waals surface area contributed by atoms with Crippen molar-refractivity contribution >= 4 is 34.7 Å². The van der Waals surface area contributed by atoms with E-state index in [2.05, 4.69) is 16.2 Å². The van der Waals surface area contributed by atoms with Crippen LogP contribution in [0.1, 0.15) is 31.2 Å². The number of ether oxygens (including phenoxy) is 1. The first-order valence-corrected chi connectivity index (χ1v) is 10.0. The van der Waals surface area contributed by atoms with E-state index < -0.39 is 11.8 Å². The van der Waals surface area contributed by atoms with Crippen molar-refractivity contribution in [2.45, 2.75) is 13.8 Å². The van der Waals surface area contributed by atoms with Gasteiger partial charge in [-0.15, -0.1) is 11.3 Å². The average Bonchev–Trinajstić information content (AvgIpc) is 3.28. The third-order valence-electron chi connectivity index (χ3n) is 4.15. The van der Waals surface area contributed by atoms with Gasteiger partial charge in [-0.05, 0) is 60.7 Å². The van der Waals surface area contributed by atoms with E-state index in [1.165, 1.54) is 17.4 Å². The van der Waals surface area contributed by atoms with Crippen molar-refractivity contribution in [1.82, 2.24) is 10.9 Å². The number of thiophene rings is 1. The third-order valence-corrected chi connectivity index (χ3v) is 5.01. The number of hydrogen-bond acceptors (Lipinski definition) is 5. The third kappa shape index (κ3) is 5.68. The Hall–Kier alpha value is -3.65. The van der Waals surface area contributed by atoms with Crippen molar-refractivity contribution in [2.24, 2.45) is 0 Å². The highest BCUT2D eigenvalue weighted by Crippen LogP contribution is 2.19. The van der Waals surface area contributed by atoms with Gasteiger partial charge in [-0.2, -0.15) is 0 Å². The molecule has 30 heavy (non-hydrogen) atoms. The van der Waals surface area contributed by atoms with Crippen molar-refractivity contribution in [3.05, 3.63) is 81.5 Å². The highest BCUT2D eigenvalue weighted by molar-refractivity contribution is 7.12. The van der Waals surface area contributed by atoms with Crippen LogP contribution in [0.25, 0.3) is 0 Å². The Kier molecular flexibility index (Phi) is 6.82. The van der Waals surface area contributed by atoms with Gasteiger partial charge in [0.25, 0.3) is 17.7 Å². The molecule has 0 aliphatic heterocycles. The van der Waals surface area contributed by atoms with Crippen LogP contribution in [0.3, 0.4) is 0 Å². The normalized spacial score (nSPS) is 10.2. The maximum absolute atomic E-state index is 12.3. The van der Waals surface area contributed by atoms with E-state index in [9.17, 15) is 14.4 Å². The predicted molar refractivity (Wildman–Crippen MR) is 116 cm³/mol. The summed E-state index contributed by atoms with van der Waals surface area (Å²) in [5, 5.41) is 4.55. The summed E-state index contributed by atoms with van der Waals surface area (Å²) in [5.41, 5.74) is 7.36. The summed E-state index contributed by atoms with van der Waals surface area (Å²) in [6.45, 7) is 3.59. The lowest BCUT2D eigenvalue weighted by molar-refractivity contribution is -0.123. The van der Waals surface area contributed by atoms with E-state index in [1.807, 2.05) is 37.4 Å². The van der Waals surface area contributed by atoms with Crippen molar-refractivity contribution < 1.29 is 19.1 Å². The second-order valence-corrected chi connectivity index (χ2v) is 7.52. The zero-order valence-corrected chi connectivity index (χ0v) is 17.3. The van der Waals surface area contributed by atoms with Gasteiger partial charge in [-0.25, -0.2) is 0 Å². The second-order valence-electron chi connectivity index (χ2n) is 6.57. The van der Waals surface area contributed by atoms with Crippen LogP contribution in [0.15, 0.2) is 60.0 Å². The van der Waals surface area contributed by atoms with Gasteiger partial charge in [-0.1, -0.05) is 24.3 Å². The summed E-state index contributed by atoms with van der Waals surface area (Å²) < 4.78 is 5.51. The van der Waals surface area contributed by atoms with Gasteiger partial charge < -0.3 is 10.1 Å². The average molecular weight is 423 g/mol. The van der Waals surface area contributed by atoms with Crippen LogP contribution in [0.4, 0.5) is 5.69 Å². The molecule has 0 aliphatic carbocycles. The number of hydrazine groups is 1. The fraction of sp³-hybridized carbons (Fsp3) is 0.136. The van der Waals surface area contributed by atoms with Crippen LogP contribution < -0.4 is 20.9 Å². The Bertz CT molecular complexity index is 1060. The van der Waals surface area contributed by atoms with Gasteiger partial charge in [0.05, 0.1) is 4.88 Å². The van der Waals surface area contributed by atoms with E-state index in [1.54, 1.807) is 30.3 Å². The molecule has 0 spiro atoms. The summed E-state index contributed by atoms with van der Waals surface area (Å²) in [6.07, 6.45) is 0. The standard InChI is InChI=1S/C22H21N3O4S/c1-14-8-9-15(2)18(11-14)29-13-20(26)24-25-21(27)16-5-3-6-17(12-16)23-22(28)19-7-4-10-30-19/h3-12H,13H2,1-2H3,(H,23,28)(H,24,26)(H,25,27). The summed E-state index contributed by atoms with van der Waals surface area (Å²) in [6, 6.07) is 15.6. The maximum atomic E-state index is 12.3. The molecule has 8 heteroatoms. The first-order chi connectivity index (χ1) is 14.4. The van der Waals surface area contributed by atoms with E-state index in [0.717, 1.165) is 11.1 Å². The quantitative estimate of drug-likeness (QED) is 0.529. The van der Waals surface area contributed by atoms with Crippen molar-refractivity contribution in [3.8, 4) is 5.75 Å². The van der Waals surface area contributed by atoms with Gasteiger partial charge >= 0.3 is 0 Å². The molecule has 3 aromatic rings. The number of hydrogen-bond donors (Lipinski definition) is 3. The van der Waals surface area contributed by atoms with Gasteiger partial charge in [0.1, 0.15) is 5.75 Å². The second kappa shape index (κ2) is 9.71. The van der Waals surface area contributed by atoms with Gasteiger partial charge in [-0.3, -0.25) is 25.2 Å². The highest BCUT2D eigenvalue weighted by atomic mass is 32.1. The lowest BCUT2D eigenvalue weighted by Crippen LogP contribution is -2.43. The lowest BCUT2D eigenvalue weighted by atomic mass is 10.1. The Morgan fingerprint density at radius 3 is 2.53 bits per heavy atom. The predicted octanol–water partition coefficient (Wildman–Crippen LogP) is 3.46. The Balaban J connectivity index is 1.51. The number of aryl methyl sites for hydroxylation is 2. The first-order valence-electron chi connectivity index (χ1n) is 9.16. The fourth-order valence-electron chi connectivity index (χ4n) is 2.58. The lowest BCUT2D eigenvalue weighted by Gasteiger charge is -2.11. The molecule has 3 rings (SSSR count). The van der Waals surface area contributed by atoms with Crippen molar-refractivity contribution in [3.63, 3.8) is 0 Å². The Labute approximate surface area is 178 Å². The minimum Gasteiger partial charge on any atom is -0.483 e. The van der Waals surface area contributed by atoms with Gasteiger partial charge in [0.2, 0.25) is 0 Å². The number of carbonyl (C=O) groups excluding carboxylic acids is 3. The van der Waals surface area contributed by atoms with E-state index in [-0.39, 0.29) is 18.1 Å². The molecule has 0 saturated carbocycles. The van der Waals surface area contributed by atoms with Crippen LogP contribution in [0.5, 0.6) is 5.75 Å². The van der Waals surface area contributed by atoms with Crippen LogP contribution in [-0.4, -0.2) is 24.3 Å². The topological polar surface area (TPSA) is 96.5 Å². The molecule has 0 radical (unpaired) electrons.